The first-order valence-corrected chi connectivity index (χ1v) is 9.56. The molecule has 0 bridgehead atoms. The quantitative estimate of drug-likeness (QED) is 0.658. The molecular weight excluding hydrogens is 435 g/mol. The summed E-state index contributed by atoms with van der Waals surface area (Å²) in [6, 6.07) is 4.49. The second kappa shape index (κ2) is 8.49. The number of amides is 1. The van der Waals surface area contributed by atoms with Gasteiger partial charge in [-0.15, -0.1) is 0 Å². The molecular formula is C18H18Cl2F4N4O. The summed E-state index contributed by atoms with van der Waals surface area (Å²) in [6.45, 7) is 3.08. The molecule has 3 rings (SSSR count). The van der Waals surface area contributed by atoms with Crippen molar-refractivity contribution in [3.05, 3.63) is 51.0 Å². The fourth-order valence-electron chi connectivity index (χ4n) is 3.15. The van der Waals surface area contributed by atoms with Crippen molar-refractivity contribution in [2.24, 2.45) is 0 Å². The number of alkyl halides is 3. The van der Waals surface area contributed by atoms with E-state index in [2.05, 4.69) is 5.10 Å². The summed E-state index contributed by atoms with van der Waals surface area (Å²) in [5, 5.41) is 3.29. The van der Waals surface area contributed by atoms with Gasteiger partial charge in [-0.2, -0.15) is 18.3 Å². The third kappa shape index (κ3) is 4.84. The topological polar surface area (TPSA) is 41.4 Å². The van der Waals surface area contributed by atoms with Crippen LogP contribution in [0.4, 0.5) is 17.6 Å². The van der Waals surface area contributed by atoms with Crippen molar-refractivity contribution in [2.45, 2.75) is 26.2 Å². The number of hydrogen-bond acceptors (Lipinski definition) is 3. The summed E-state index contributed by atoms with van der Waals surface area (Å²) in [7, 11) is 0. The number of piperazine rings is 1. The molecule has 1 fully saturated rings. The first-order chi connectivity index (χ1) is 13.6. The van der Waals surface area contributed by atoms with Gasteiger partial charge in [-0.3, -0.25) is 14.4 Å². The molecule has 1 aromatic heterocycles. The Morgan fingerprint density at radius 1 is 1.17 bits per heavy atom. The minimum atomic E-state index is -4.68. The Morgan fingerprint density at radius 3 is 2.38 bits per heavy atom. The maximum absolute atomic E-state index is 13.9. The van der Waals surface area contributed by atoms with Crippen molar-refractivity contribution >= 4 is 29.1 Å². The monoisotopic (exact) mass is 452 g/mol. The van der Waals surface area contributed by atoms with Crippen LogP contribution >= 0.6 is 23.2 Å². The summed E-state index contributed by atoms with van der Waals surface area (Å²) in [6.07, 6.45) is -4.68. The van der Waals surface area contributed by atoms with Crippen molar-refractivity contribution in [3.8, 4) is 0 Å². The van der Waals surface area contributed by atoms with E-state index in [0.717, 1.165) is 4.68 Å². The highest BCUT2D eigenvalue weighted by atomic mass is 35.5. The molecule has 1 saturated heterocycles. The summed E-state index contributed by atoms with van der Waals surface area (Å²) in [5.41, 5.74) is -0.716. The third-order valence-electron chi connectivity index (χ3n) is 4.86. The molecule has 1 aliphatic heterocycles. The number of hydrogen-bond donors (Lipinski definition) is 0. The smallest absolute Gasteiger partial charge is 0.339 e. The van der Waals surface area contributed by atoms with E-state index in [0.29, 0.717) is 43.3 Å². The molecule has 0 saturated carbocycles. The lowest BCUT2D eigenvalue weighted by atomic mass is 10.2. The fourth-order valence-corrected chi connectivity index (χ4v) is 3.62. The Labute approximate surface area is 174 Å². The van der Waals surface area contributed by atoms with Crippen molar-refractivity contribution in [3.63, 3.8) is 0 Å². The van der Waals surface area contributed by atoms with E-state index in [4.69, 9.17) is 23.2 Å². The van der Waals surface area contributed by atoms with Gasteiger partial charge in [0.2, 0.25) is 5.91 Å². The molecule has 1 amide bonds. The normalized spacial score (nSPS) is 15.8. The van der Waals surface area contributed by atoms with E-state index >= 15 is 0 Å². The average molecular weight is 453 g/mol. The van der Waals surface area contributed by atoms with Crippen molar-refractivity contribution in [2.75, 3.05) is 26.2 Å². The highest BCUT2D eigenvalue weighted by Crippen LogP contribution is 2.35. The van der Waals surface area contributed by atoms with Crippen LogP contribution < -0.4 is 0 Å². The van der Waals surface area contributed by atoms with Gasteiger partial charge in [0.05, 0.1) is 10.7 Å². The van der Waals surface area contributed by atoms with E-state index in [1.165, 1.54) is 19.1 Å². The largest absolute Gasteiger partial charge is 0.436 e. The maximum atomic E-state index is 13.9. The highest BCUT2D eigenvalue weighted by molar-refractivity contribution is 6.32. The zero-order chi connectivity index (χ0) is 21.3. The van der Waals surface area contributed by atoms with Gasteiger partial charge in [0.25, 0.3) is 0 Å². The van der Waals surface area contributed by atoms with Gasteiger partial charge in [-0.05, 0) is 19.1 Å². The number of aromatic nitrogens is 2. The number of halogens is 6. The van der Waals surface area contributed by atoms with Crippen molar-refractivity contribution in [1.82, 2.24) is 19.6 Å². The van der Waals surface area contributed by atoms with E-state index in [-0.39, 0.29) is 24.0 Å². The number of nitrogens with zero attached hydrogens (tertiary/aromatic N) is 4. The third-order valence-corrected chi connectivity index (χ3v) is 5.66. The van der Waals surface area contributed by atoms with Crippen LogP contribution in [0.5, 0.6) is 0 Å². The van der Waals surface area contributed by atoms with Crippen LogP contribution in [0.1, 0.15) is 17.0 Å². The van der Waals surface area contributed by atoms with Crippen LogP contribution in [0.15, 0.2) is 18.2 Å². The van der Waals surface area contributed by atoms with Crippen LogP contribution in [-0.4, -0.2) is 51.7 Å². The second-order valence-electron chi connectivity index (χ2n) is 6.76. The Bertz CT molecular complexity index is 888. The molecule has 5 nitrogen and oxygen atoms in total. The van der Waals surface area contributed by atoms with Crippen LogP contribution in [0.25, 0.3) is 0 Å². The molecule has 2 aromatic rings. The molecule has 1 aromatic carbocycles. The van der Waals surface area contributed by atoms with Crippen LogP contribution in [-0.2, 0) is 24.1 Å². The first-order valence-electron chi connectivity index (χ1n) is 8.81. The van der Waals surface area contributed by atoms with Gasteiger partial charge in [0.1, 0.15) is 12.4 Å². The first kappa shape index (κ1) is 21.9. The summed E-state index contributed by atoms with van der Waals surface area (Å²) in [5.74, 6) is -0.743. The zero-order valence-corrected chi connectivity index (χ0v) is 17.0. The molecule has 29 heavy (non-hydrogen) atoms. The molecule has 0 unspecified atom stereocenters. The predicted molar refractivity (Wildman–Crippen MR) is 100 cm³/mol. The Balaban J connectivity index is 1.60. The molecule has 0 radical (unpaired) electrons. The molecule has 158 valence electrons. The Morgan fingerprint density at radius 2 is 1.83 bits per heavy atom. The molecule has 1 aliphatic rings. The lowest BCUT2D eigenvalue weighted by Crippen LogP contribution is -2.49. The molecule has 2 heterocycles. The van der Waals surface area contributed by atoms with Gasteiger partial charge in [-0.1, -0.05) is 29.3 Å². The molecule has 11 heteroatoms. The fraction of sp³-hybridized carbons (Fsp3) is 0.444. The van der Waals surface area contributed by atoms with E-state index < -0.39 is 16.9 Å². The number of rotatable bonds is 4. The van der Waals surface area contributed by atoms with Gasteiger partial charge >= 0.3 is 6.18 Å². The summed E-state index contributed by atoms with van der Waals surface area (Å²) < 4.78 is 53.7. The minimum Gasteiger partial charge on any atom is -0.339 e. The SMILES string of the molecule is Cc1c(Cl)c(C(F)(F)F)nn1CC(=O)N1CCN(Cc2c(F)cccc2Cl)CC1. The zero-order valence-electron chi connectivity index (χ0n) is 15.4. The maximum Gasteiger partial charge on any atom is 0.436 e. The summed E-state index contributed by atoms with van der Waals surface area (Å²) in [4.78, 5) is 16.0. The van der Waals surface area contributed by atoms with Crippen LogP contribution in [0.3, 0.4) is 0 Å². The number of benzene rings is 1. The van der Waals surface area contributed by atoms with Gasteiger partial charge in [0, 0.05) is 43.3 Å². The van der Waals surface area contributed by atoms with E-state index in [9.17, 15) is 22.4 Å². The predicted octanol–water partition coefficient (Wildman–Crippen LogP) is 4.00. The van der Waals surface area contributed by atoms with Crippen molar-refractivity contribution in [1.29, 1.82) is 0 Å². The number of carbonyl (C=O) groups excluding carboxylic acids is 1. The van der Waals surface area contributed by atoms with E-state index in [1.807, 2.05) is 4.90 Å². The van der Waals surface area contributed by atoms with Crippen LogP contribution in [0, 0.1) is 12.7 Å². The summed E-state index contributed by atoms with van der Waals surface area (Å²) >= 11 is 11.8. The van der Waals surface area contributed by atoms with Gasteiger partial charge in [0.15, 0.2) is 5.69 Å². The Kier molecular flexibility index (Phi) is 6.40. The molecule has 0 aliphatic carbocycles. The molecule has 0 N–H and O–H groups in total. The number of carbonyl (C=O) groups is 1. The lowest BCUT2D eigenvalue weighted by molar-refractivity contribution is -0.142. The highest BCUT2D eigenvalue weighted by Gasteiger charge is 2.38. The minimum absolute atomic E-state index is 0.0835. The average Bonchev–Trinajstić information content (AvgIpc) is 2.94. The van der Waals surface area contributed by atoms with Crippen molar-refractivity contribution < 1.29 is 22.4 Å². The standard InChI is InChI=1S/C18H18Cl2F4N4O/c1-11-16(20)17(18(22,23)24)25-28(11)10-15(29)27-7-5-26(6-8-27)9-12-13(19)3-2-4-14(12)21/h2-4H,5-10H2,1H3. The van der Waals surface area contributed by atoms with Crippen LogP contribution in [0.2, 0.25) is 10.0 Å². The lowest BCUT2D eigenvalue weighted by Gasteiger charge is -2.35. The molecule has 0 spiro atoms. The van der Waals surface area contributed by atoms with Gasteiger partial charge < -0.3 is 4.90 Å². The van der Waals surface area contributed by atoms with Gasteiger partial charge in [-0.25, -0.2) is 4.39 Å². The second-order valence-corrected chi connectivity index (χ2v) is 7.55. The molecule has 0 atom stereocenters. The Hall–Kier alpha value is -1.84. The van der Waals surface area contributed by atoms with E-state index in [1.54, 1.807) is 11.0 Å².